The number of likely N-dealkylation sites (N-methyl/N-ethyl adjacent to an activating group) is 1. The molecule has 1 fully saturated rings. The number of hydrogen-bond acceptors (Lipinski definition) is 3. The Bertz CT molecular complexity index is 476. The molecule has 110 valence electrons. The van der Waals surface area contributed by atoms with E-state index in [1.165, 1.54) is 24.0 Å². The normalized spacial score (nSPS) is 32.0. The van der Waals surface area contributed by atoms with Gasteiger partial charge >= 0.3 is 0 Å². The van der Waals surface area contributed by atoms with Crippen molar-refractivity contribution < 1.29 is 5.11 Å². The number of fused-ring (bicyclic) bond motifs is 1. The van der Waals surface area contributed by atoms with Gasteiger partial charge in [0, 0.05) is 31.2 Å². The van der Waals surface area contributed by atoms with Crippen LogP contribution in [0.25, 0.3) is 0 Å². The molecule has 1 aromatic rings. The summed E-state index contributed by atoms with van der Waals surface area (Å²) in [6.07, 6.45) is 3.59. The van der Waals surface area contributed by atoms with E-state index in [1.807, 2.05) is 12.1 Å². The van der Waals surface area contributed by atoms with Gasteiger partial charge in [0.1, 0.15) is 5.75 Å². The first kappa shape index (κ1) is 13.9. The van der Waals surface area contributed by atoms with Crippen LogP contribution in [0.3, 0.4) is 0 Å². The second-order valence-corrected chi connectivity index (χ2v) is 6.61. The maximum Gasteiger partial charge on any atom is 0.115 e. The van der Waals surface area contributed by atoms with Crippen molar-refractivity contribution in [3.8, 4) is 5.75 Å². The molecule has 0 amide bonds. The highest BCUT2D eigenvalue weighted by Crippen LogP contribution is 2.37. The van der Waals surface area contributed by atoms with E-state index in [2.05, 4.69) is 36.8 Å². The van der Waals surface area contributed by atoms with E-state index in [1.54, 1.807) is 0 Å². The van der Waals surface area contributed by atoms with Crippen LogP contribution in [-0.2, 0) is 6.42 Å². The molecule has 0 spiro atoms. The average Bonchev–Trinajstić information content (AvgIpc) is 2.43. The fraction of sp³-hybridized carbons (Fsp3) is 0.647. The summed E-state index contributed by atoms with van der Waals surface area (Å²) in [5.41, 5.74) is 2.79. The summed E-state index contributed by atoms with van der Waals surface area (Å²) in [6, 6.07) is 7.72. The molecule has 1 saturated heterocycles. The van der Waals surface area contributed by atoms with Crippen LogP contribution >= 0.6 is 0 Å². The highest BCUT2D eigenvalue weighted by atomic mass is 16.3. The number of aryl methyl sites for hydroxylation is 1. The largest absolute Gasteiger partial charge is 0.508 e. The molecule has 3 nitrogen and oxygen atoms in total. The number of rotatable bonds is 1. The van der Waals surface area contributed by atoms with Gasteiger partial charge in [0.25, 0.3) is 0 Å². The molecule has 1 aromatic carbocycles. The van der Waals surface area contributed by atoms with Crippen molar-refractivity contribution >= 4 is 0 Å². The molecule has 3 rings (SSSR count). The van der Waals surface area contributed by atoms with Gasteiger partial charge in [-0.25, -0.2) is 0 Å². The predicted octanol–water partition coefficient (Wildman–Crippen LogP) is 2.79. The molecule has 0 saturated carbocycles. The third-order valence-corrected chi connectivity index (χ3v) is 5.24. The Morgan fingerprint density at radius 1 is 1.15 bits per heavy atom. The smallest absolute Gasteiger partial charge is 0.115 e. The SMILES string of the molecule is CC1CN(C2CCCc3cc(O)ccc32)CC(C)N1C. The molecule has 0 bridgehead atoms. The van der Waals surface area contributed by atoms with E-state index in [0.29, 0.717) is 23.9 Å². The van der Waals surface area contributed by atoms with Crippen LogP contribution in [0.15, 0.2) is 18.2 Å². The Labute approximate surface area is 122 Å². The molecule has 0 radical (unpaired) electrons. The lowest BCUT2D eigenvalue weighted by molar-refractivity contribution is 0.0283. The number of piperazine rings is 1. The van der Waals surface area contributed by atoms with Gasteiger partial charge < -0.3 is 5.11 Å². The van der Waals surface area contributed by atoms with Crippen molar-refractivity contribution in [1.82, 2.24) is 9.80 Å². The number of benzene rings is 1. The lowest BCUT2D eigenvalue weighted by Gasteiger charge is -2.47. The molecule has 2 aliphatic rings. The fourth-order valence-electron chi connectivity index (χ4n) is 3.85. The molecule has 1 aliphatic carbocycles. The third kappa shape index (κ3) is 2.45. The monoisotopic (exact) mass is 274 g/mol. The Hall–Kier alpha value is -1.06. The lowest BCUT2D eigenvalue weighted by Crippen LogP contribution is -2.55. The minimum atomic E-state index is 0.407. The Morgan fingerprint density at radius 2 is 1.85 bits per heavy atom. The molecular weight excluding hydrogens is 248 g/mol. The number of aromatic hydroxyl groups is 1. The van der Waals surface area contributed by atoms with Crippen LogP contribution in [0.5, 0.6) is 5.75 Å². The maximum absolute atomic E-state index is 9.68. The summed E-state index contributed by atoms with van der Waals surface area (Å²) < 4.78 is 0. The second kappa shape index (κ2) is 5.38. The average molecular weight is 274 g/mol. The zero-order valence-corrected chi connectivity index (χ0v) is 12.8. The van der Waals surface area contributed by atoms with Crippen molar-refractivity contribution in [2.45, 2.75) is 51.2 Å². The summed E-state index contributed by atoms with van der Waals surface area (Å²) >= 11 is 0. The van der Waals surface area contributed by atoms with Gasteiger partial charge in [-0.3, -0.25) is 9.80 Å². The molecule has 1 aliphatic heterocycles. The molecule has 20 heavy (non-hydrogen) atoms. The molecule has 1 N–H and O–H groups in total. The highest BCUT2D eigenvalue weighted by molar-refractivity contribution is 5.38. The first-order chi connectivity index (χ1) is 9.56. The topological polar surface area (TPSA) is 26.7 Å². The fourth-order valence-corrected chi connectivity index (χ4v) is 3.85. The Balaban J connectivity index is 1.85. The van der Waals surface area contributed by atoms with Crippen molar-refractivity contribution in [3.63, 3.8) is 0 Å². The highest BCUT2D eigenvalue weighted by Gasteiger charge is 2.33. The van der Waals surface area contributed by atoms with E-state index in [-0.39, 0.29) is 0 Å². The van der Waals surface area contributed by atoms with Crippen LogP contribution in [0.2, 0.25) is 0 Å². The van der Waals surface area contributed by atoms with E-state index in [0.717, 1.165) is 19.5 Å². The van der Waals surface area contributed by atoms with E-state index in [9.17, 15) is 5.11 Å². The van der Waals surface area contributed by atoms with E-state index in [4.69, 9.17) is 0 Å². The van der Waals surface area contributed by atoms with Crippen molar-refractivity contribution in [2.24, 2.45) is 0 Å². The standard InChI is InChI=1S/C17H26N2O/c1-12-10-19(11-13(2)18(12)3)17-6-4-5-14-9-15(20)7-8-16(14)17/h7-9,12-13,17,20H,4-6,10-11H2,1-3H3. The number of phenolic OH excluding ortho intramolecular Hbond substituents is 1. The van der Waals surface area contributed by atoms with Gasteiger partial charge in [-0.15, -0.1) is 0 Å². The molecule has 1 heterocycles. The van der Waals surface area contributed by atoms with Gasteiger partial charge in [-0.1, -0.05) is 6.07 Å². The number of phenols is 1. The number of nitrogens with zero attached hydrogens (tertiary/aromatic N) is 2. The van der Waals surface area contributed by atoms with E-state index >= 15 is 0 Å². The van der Waals surface area contributed by atoms with Gasteiger partial charge in [0.15, 0.2) is 0 Å². The van der Waals surface area contributed by atoms with E-state index < -0.39 is 0 Å². The summed E-state index contributed by atoms with van der Waals surface area (Å²) in [5.74, 6) is 0.407. The molecule has 3 unspecified atom stereocenters. The third-order valence-electron chi connectivity index (χ3n) is 5.24. The molecule has 3 heteroatoms. The van der Waals surface area contributed by atoms with Crippen molar-refractivity contribution in [3.05, 3.63) is 29.3 Å². The zero-order valence-electron chi connectivity index (χ0n) is 12.8. The zero-order chi connectivity index (χ0) is 14.3. The second-order valence-electron chi connectivity index (χ2n) is 6.61. The van der Waals surface area contributed by atoms with Crippen LogP contribution in [-0.4, -0.2) is 47.1 Å². The minimum Gasteiger partial charge on any atom is -0.508 e. The molecule has 3 atom stereocenters. The van der Waals surface area contributed by atoms with Crippen LogP contribution in [0.4, 0.5) is 0 Å². The van der Waals surface area contributed by atoms with Crippen molar-refractivity contribution in [2.75, 3.05) is 20.1 Å². The van der Waals surface area contributed by atoms with Gasteiger partial charge in [-0.2, -0.15) is 0 Å². The van der Waals surface area contributed by atoms with Crippen LogP contribution in [0, 0.1) is 0 Å². The summed E-state index contributed by atoms with van der Waals surface area (Å²) in [7, 11) is 2.24. The summed E-state index contributed by atoms with van der Waals surface area (Å²) in [6.45, 7) is 6.93. The lowest BCUT2D eigenvalue weighted by atomic mass is 9.85. The Morgan fingerprint density at radius 3 is 2.55 bits per heavy atom. The van der Waals surface area contributed by atoms with Crippen LogP contribution < -0.4 is 0 Å². The van der Waals surface area contributed by atoms with Crippen molar-refractivity contribution in [1.29, 1.82) is 0 Å². The summed E-state index contributed by atoms with van der Waals surface area (Å²) in [4.78, 5) is 5.14. The maximum atomic E-state index is 9.68. The number of hydrogen-bond donors (Lipinski definition) is 1. The minimum absolute atomic E-state index is 0.407. The molecule has 0 aromatic heterocycles. The Kier molecular flexibility index (Phi) is 3.74. The molecular formula is C17H26N2O. The van der Waals surface area contributed by atoms with Gasteiger partial charge in [0.05, 0.1) is 0 Å². The first-order valence-electron chi connectivity index (χ1n) is 7.84. The van der Waals surface area contributed by atoms with Gasteiger partial charge in [-0.05, 0) is 63.4 Å². The van der Waals surface area contributed by atoms with Crippen LogP contribution in [0.1, 0.15) is 43.9 Å². The van der Waals surface area contributed by atoms with Gasteiger partial charge in [0.2, 0.25) is 0 Å². The summed E-state index contributed by atoms with van der Waals surface area (Å²) in [5, 5.41) is 9.68. The quantitative estimate of drug-likeness (QED) is 0.853. The predicted molar refractivity (Wildman–Crippen MR) is 82.0 cm³/mol. The first-order valence-corrected chi connectivity index (χ1v) is 7.84.